The van der Waals surface area contributed by atoms with E-state index in [0.717, 1.165) is 83.3 Å². The lowest BCUT2D eigenvalue weighted by Gasteiger charge is -2.18. The van der Waals surface area contributed by atoms with Crippen molar-refractivity contribution >= 4 is 6.29 Å². The van der Waals surface area contributed by atoms with Crippen LogP contribution in [0.4, 0.5) is 0 Å². The first-order chi connectivity index (χ1) is 23.3. The molecule has 3 N–H and O–H groups in total. The third-order valence-electron chi connectivity index (χ3n) is 8.85. The van der Waals surface area contributed by atoms with Crippen molar-refractivity contribution in [3.63, 3.8) is 0 Å². The van der Waals surface area contributed by atoms with Crippen LogP contribution in [0.15, 0.2) is 12.1 Å². The summed E-state index contributed by atoms with van der Waals surface area (Å²) in [6.45, 7) is 2.69. The van der Waals surface area contributed by atoms with Gasteiger partial charge in [-0.25, -0.2) is 0 Å². The number of benzene rings is 1. The van der Waals surface area contributed by atoms with Crippen molar-refractivity contribution in [2.24, 2.45) is 0 Å². The van der Waals surface area contributed by atoms with Gasteiger partial charge in [0.05, 0.1) is 19.8 Å². The number of ether oxygens (including phenoxy) is 3. The molecule has 0 amide bonds. The van der Waals surface area contributed by atoms with Gasteiger partial charge in [0.1, 0.15) is 6.29 Å². The fourth-order valence-corrected chi connectivity index (χ4v) is 5.91. The zero-order valence-corrected chi connectivity index (χ0v) is 30.0. The van der Waals surface area contributed by atoms with Crippen LogP contribution in [-0.2, 0) is 0 Å². The van der Waals surface area contributed by atoms with E-state index in [1.807, 2.05) is 0 Å². The summed E-state index contributed by atoms with van der Waals surface area (Å²) in [5.41, 5.74) is 0.545. The maximum absolute atomic E-state index is 11.8. The van der Waals surface area contributed by atoms with E-state index < -0.39 is 0 Å². The molecule has 0 aliphatic heterocycles. The summed E-state index contributed by atoms with van der Waals surface area (Å²) in [6.07, 6.45) is 31.7. The highest BCUT2D eigenvalue weighted by Crippen LogP contribution is 2.39. The van der Waals surface area contributed by atoms with E-state index >= 15 is 0 Å². The molecule has 0 bridgehead atoms. The summed E-state index contributed by atoms with van der Waals surface area (Å²) in [4.78, 5) is 11.8. The molecule has 1 aromatic rings. The fourth-order valence-electron chi connectivity index (χ4n) is 5.91. The third kappa shape index (κ3) is 25.8. The predicted molar refractivity (Wildman–Crippen MR) is 194 cm³/mol. The van der Waals surface area contributed by atoms with E-state index in [-0.39, 0.29) is 0 Å². The molecule has 1 rings (SSSR count). The number of aliphatic hydroxyl groups excluding tert-OH is 3. The Bertz CT molecular complexity index is 769. The van der Waals surface area contributed by atoms with Gasteiger partial charge in [-0.3, -0.25) is 4.79 Å². The summed E-state index contributed by atoms with van der Waals surface area (Å²) >= 11 is 0. The van der Waals surface area contributed by atoms with Gasteiger partial charge in [-0.2, -0.15) is 0 Å². The monoisotopic (exact) mass is 665 g/mol. The Morgan fingerprint density at radius 3 is 0.915 bits per heavy atom. The molecule has 0 atom stereocenters. The number of carbonyl (C=O) groups excluding carboxylic acids is 1. The molecule has 0 fully saturated rings. The minimum Gasteiger partial charge on any atom is -0.490 e. The molecule has 47 heavy (non-hydrogen) atoms. The number of hydrogen-bond donors (Lipinski definition) is 3. The number of aldehydes is 1. The van der Waals surface area contributed by atoms with Crippen LogP contribution in [0.3, 0.4) is 0 Å². The topological polar surface area (TPSA) is 105 Å². The van der Waals surface area contributed by atoms with Crippen molar-refractivity contribution in [1.82, 2.24) is 0 Å². The Labute approximate surface area is 288 Å². The lowest BCUT2D eigenvalue weighted by molar-refractivity contribution is 0.112. The summed E-state index contributed by atoms with van der Waals surface area (Å²) < 4.78 is 18.8. The van der Waals surface area contributed by atoms with E-state index in [9.17, 15) is 4.79 Å². The zero-order valence-electron chi connectivity index (χ0n) is 30.0. The summed E-state index contributed by atoms with van der Waals surface area (Å²) in [7, 11) is 0. The molecule has 0 saturated carbocycles. The molecule has 0 aliphatic rings. The van der Waals surface area contributed by atoms with Gasteiger partial charge in [0.25, 0.3) is 0 Å². The molecule has 0 saturated heterocycles. The predicted octanol–water partition coefficient (Wildman–Crippen LogP) is 10.1. The van der Waals surface area contributed by atoms with Crippen molar-refractivity contribution in [1.29, 1.82) is 0 Å². The van der Waals surface area contributed by atoms with Crippen LogP contribution in [0, 0.1) is 0 Å². The van der Waals surface area contributed by atoms with Crippen LogP contribution < -0.4 is 14.2 Å². The van der Waals surface area contributed by atoms with E-state index in [2.05, 4.69) is 0 Å². The standard InChI is InChI=1S/C40H72O7/c41-28-22-16-10-4-1-7-13-19-25-31-45-38-34-37(36-44)35-39(46-32-26-20-14-8-2-5-11-17-23-29-42)40(38)47-33-27-21-15-9-3-6-12-18-24-30-43/h34-36,41-43H,1-33H2. The van der Waals surface area contributed by atoms with Gasteiger partial charge >= 0.3 is 0 Å². The quantitative estimate of drug-likeness (QED) is 0.0480. The van der Waals surface area contributed by atoms with E-state index in [1.165, 1.54) is 96.3 Å². The maximum atomic E-state index is 11.8. The third-order valence-corrected chi connectivity index (χ3v) is 8.85. The second-order valence-electron chi connectivity index (χ2n) is 13.2. The fraction of sp³-hybridized carbons (Fsp3) is 0.825. The molecule has 7 heteroatoms. The number of unbranched alkanes of at least 4 members (excludes halogenated alkanes) is 24. The molecule has 0 aromatic heterocycles. The molecule has 0 unspecified atom stereocenters. The number of carbonyl (C=O) groups is 1. The van der Waals surface area contributed by atoms with Crippen LogP contribution in [0.1, 0.15) is 184 Å². The van der Waals surface area contributed by atoms with Gasteiger partial charge in [-0.05, 0) is 50.7 Å². The molecule has 274 valence electrons. The largest absolute Gasteiger partial charge is 0.490 e. The SMILES string of the molecule is O=Cc1cc(OCCCCCCCCCCCO)c(OCCCCCCCCCCCO)c(OCCCCCCCCCCCO)c1. The molecule has 0 aliphatic carbocycles. The first-order valence-corrected chi connectivity index (χ1v) is 19.6. The Balaban J connectivity index is 2.54. The van der Waals surface area contributed by atoms with Crippen molar-refractivity contribution in [2.75, 3.05) is 39.6 Å². The smallest absolute Gasteiger partial charge is 0.203 e. The molecule has 0 heterocycles. The Morgan fingerprint density at radius 2 is 0.638 bits per heavy atom. The van der Waals surface area contributed by atoms with Crippen molar-refractivity contribution in [3.8, 4) is 17.2 Å². The number of rotatable bonds is 37. The highest BCUT2D eigenvalue weighted by Gasteiger charge is 2.16. The van der Waals surface area contributed by atoms with Crippen LogP contribution in [0.2, 0.25) is 0 Å². The van der Waals surface area contributed by atoms with Gasteiger partial charge in [0.15, 0.2) is 11.5 Å². The molecular formula is C40H72O7. The minimum absolute atomic E-state index is 0.304. The minimum atomic E-state index is 0.304. The second kappa shape index (κ2) is 34.0. The number of hydrogen-bond acceptors (Lipinski definition) is 7. The Hall–Kier alpha value is -1.83. The maximum Gasteiger partial charge on any atom is 0.203 e. The highest BCUT2D eigenvalue weighted by atomic mass is 16.5. The lowest BCUT2D eigenvalue weighted by Crippen LogP contribution is -2.07. The van der Waals surface area contributed by atoms with Crippen LogP contribution >= 0.6 is 0 Å². The second-order valence-corrected chi connectivity index (χ2v) is 13.2. The van der Waals surface area contributed by atoms with Gasteiger partial charge in [0, 0.05) is 25.4 Å². The van der Waals surface area contributed by atoms with Gasteiger partial charge < -0.3 is 29.5 Å². The van der Waals surface area contributed by atoms with Crippen molar-refractivity contribution < 1.29 is 34.3 Å². The van der Waals surface area contributed by atoms with Gasteiger partial charge in [-0.15, -0.1) is 0 Å². The molecule has 7 nitrogen and oxygen atoms in total. The molecule has 0 spiro atoms. The summed E-state index contributed by atoms with van der Waals surface area (Å²) in [6, 6.07) is 3.58. The van der Waals surface area contributed by atoms with Crippen LogP contribution in [0.5, 0.6) is 17.2 Å². The van der Waals surface area contributed by atoms with Gasteiger partial charge in [0.2, 0.25) is 5.75 Å². The van der Waals surface area contributed by atoms with Gasteiger partial charge in [-0.1, -0.05) is 135 Å². The molecule has 0 radical (unpaired) electrons. The van der Waals surface area contributed by atoms with E-state index in [0.29, 0.717) is 62.5 Å². The summed E-state index contributed by atoms with van der Waals surface area (Å²) in [5, 5.41) is 26.7. The number of aliphatic hydroxyl groups is 3. The average Bonchev–Trinajstić information content (AvgIpc) is 3.09. The first kappa shape index (κ1) is 43.2. The molecular weight excluding hydrogens is 592 g/mol. The highest BCUT2D eigenvalue weighted by molar-refractivity contribution is 5.78. The van der Waals surface area contributed by atoms with E-state index in [1.54, 1.807) is 12.1 Å². The normalized spacial score (nSPS) is 11.2. The van der Waals surface area contributed by atoms with Crippen LogP contribution in [0.25, 0.3) is 0 Å². The summed E-state index contributed by atoms with van der Waals surface area (Å²) in [5.74, 6) is 1.85. The van der Waals surface area contributed by atoms with Crippen molar-refractivity contribution in [2.45, 2.75) is 173 Å². The first-order valence-electron chi connectivity index (χ1n) is 19.6. The molecule has 1 aromatic carbocycles. The van der Waals surface area contributed by atoms with Crippen LogP contribution in [-0.4, -0.2) is 61.2 Å². The average molecular weight is 665 g/mol. The lowest BCUT2D eigenvalue weighted by atomic mass is 10.1. The Morgan fingerprint density at radius 1 is 0.383 bits per heavy atom. The Kier molecular flexibility index (Phi) is 31.3. The zero-order chi connectivity index (χ0) is 33.9. The van der Waals surface area contributed by atoms with Crippen molar-refractivity contribution in [3.05, 3.63) is 17.7 Å². The van der Waals surface area contributed by atoms with E-state index in [4.69, 9.17) is 29.5 Å².